The molecule has 12 heterocycles. The van der Waals surface area contributed by atoms with E-state index in [4.69, 9.17) is 0 Å². The summed E-state index contributed by atoms with van der Waals surface area (Å²) in [4.78, 5) is 5.73. The zero-order valence-electron chi connectivity index (χ0n) is 55.5. The molecule has 494 valence electrons. The minimum Gasteiger partial charge on any atom is -0.507 e. The molecule has 3 saturated heterocycles. The average Bonchev–Trinajstić information content (AvgIpc) is 1.65. The van der Waals surface area contributed by atoms with Gasteiger partial charge in [-0.2, -0.15) is 15.3 Å². The molecule has 22 nitrogen and oxygen atoms in total. The zero-order valence-corrected chi connectivity index (χ0v) is 55.5. The van der Waals surface area contributed by atoms with Gasteiger partial charge in [-0.25, -0.2) is 17.9 Å². The van der Waals surface area contributed by atoms with Crippen molar-refractivity contribution in [3.05, 3.63) is 133 Å². The fourth-order valence-corrected chi connectivity index (χ4v) is 15.8. The minimum atomic E-state index is -0.922. The third kappa shape index (κ3) is 13.4. The van der Waals surface area contributed by atoms with Crippen LogP contribution in [0.3, 0.4) is 0 Å². The summed E-state index contributed by atoms with van der Waals surface area (Å²) in [6, 6.07) is 17.2. The van der Waals surface area contributed by atoms with Crippen LogP contribution in [0.1, 0.15) is 145 Å². The molecule has 0 saturated carbocycles. The van der Waals surface area contributed by atoms with Crippen LogP contribution in [-0.4, -0.2) is 137 Å². The maximum atomic E-state index is 14.9. The fourth-order valence-electron chi connectivity index (χ4n) is 15.8. The summed E-state index contributed by atoms with van der Waals surface area (Å²) in [6.07, 6.45) is 18.4. The summed E-state index contributed by atoms with van der Waals surface area (Å²) in [7, 11) is 0. The van der Waals surface area contributed by atoms with Gasteiger partial charge in [0, 0.05) is 126 Å². The number of halogens is 3. The first-order chi connectivity index (χ1) is 45.0. The lowest BCUT2D eigenvalue weighted by molar-refractivity contribution is 0.127. The lowest BCUT2D eigenvalue weighted by atomic mass is 9.73. The number of H-pyrrole nitrogens is 4. The lowest BCUT2D eigenvalue weighted by Crippen LogP contribution is -2.62. The van der Waals surface area contributed by atoms with E-state index in [-0.39, 0.29) is 73.2 Å². The zero-order chi connectivity index (χ0) is 67.1. The largest absolute Gasteiger partial charge is 0.507 e. The van der Waals surface area contributed by atoms with Crippen molar-refractivity contribution in [1.82, 2.24) is 97.1 Å². The van der Waals surface area contributed by atoms with Crippen LogP contribution < -0.4 is 20.9 Å². The van der Waals surface area contributed by atoms with E-state index in [1.165, 1.54) is 36.3 Å². The molecular weight excluding hydrogens is 1210 g/mol. The molecule has 0 atom stereocenters. The van der Waals surface area contributed by atoms with Gasteiger partial charge in [-0.1, -0.05) is 17.3 Å². The van der Waals surface area contributed by atoms with Gasteiger partial charge in [0.15, 0.2) is 17.5 Å². The smallest absolute Gasteiger partial charge is 0.201 e. The molecule has 0 radical (unpaired) electrons. The molecule has 15 rings (SSSR count). The number of rotatable bonds is 9. The molecule has 9 N–H and O–H groups in total. The van der Waals surface area contributed by atoms with Crippen molar-refractivity contribution >= 4 is 28.0 Å². The maximum absolute atomic E-state index is 14.9. The number of anilines is 1. The number of benzene rings is 3. The molecule has 0 spiro atoms. The summed E-state index contributed by atoms with van der Waals surface area (Å²) in [5.41, 5.74) is 10.8. The summed E-state index contributed by atoms with van der Waals surface area (Å²) in [6.45, 7) is 27.5. The Morgan fingerprint density at radius 2 is 1.00 bits per heavy atom. The summed E-state index contributed by atoms with van der Waals surface area (Å²) in [5, 5.41) is 86.9. The van der Waals surface area contributed by atoms with Gasteiger partial charge in [0.2, 0.25) is 5.65 Å². The number of piperidine rings is 3. The third-order valence-electron chi connectivity index (χ3n) is 18.6. The highest BCUT2D eigenvalue weighted by Crippen LogP contribution is 2.44. The van der Waals surface area contributed by atoms with Gasteiger partial charge >= 0.3 is 0 Å². The summed E-state index contributed by atoms with van der Waals surface area (Å²) in [5.74, 6) is -0.997. The van der Waals surface area contributed by atoms with Crippen molar-refractivity contribution in [3.8, 4) is 78.7 Å². The third-order valence-corrected chi connectivity index (χ3v) is 18.6. The van der Waals surface area contributed by atoms with Crippen molar-refractivity contribution < 1.29 is 23.4 Å². The monoisotopic (exact) mass is 1290 g/mol. The van der Waals surface area contributed by atoms with E-state index in [1.54, 1.807) is 42.9 Å². The Kier molecular flexibility index (Phi) is 16.3. The van der Waals surface area contributed by atoms with E-state index in [2.05, 4.69) is 187 Å². The van der Waals surface area contributed by atoms with Crippen molar-refractivity contribution in [3.63, 3.8) is 0 Å². The Bertz CT molecular complexity index is 4560. The first-order valence-electron chi connectivity index (χ1n) is 32.2. The van der Waals surface area contributed by atoms with Crippen LogP contribution in [-0.2, 0) is 6.42 Å². The number of phenols is 2. The SMILES string of the molecule is CC1(C)CC(N2CCc3cc(-c4ccc(-c5cn[nH]c5)c(F)c4F)nnc32)CC(C)(C)N1.CC1(C)CC(c2c[nH]c3cc(-c4ccc(-c5cn[nH]c5)cc4O)nnc23)CC(C)(C)N1.CC1(C)CC(n2nnc3cc(-c4cc(O)c(-c5cn[nH]c5)cc4F)nnc32)CC(C)(C)N1. The van der Waals surface area contributed by atoms with E-state index < -0.39 is 17.5 Å². The number of hydrogen-bond donors (Lipinski definition) is 9. The molecule has 0 bridgehead atoms. The highest BCUT2D eigenvalue weighted by Gasteiger charge is 2.44. The molecule has 0 unspecified atom stereocenters. The van der Waals surface area contributed by atoms with Gasteiger partial charge in [-0.15, -0.1) is 35.7 Å². The number of fused-ring (bicyclic) bond motifs is 3. The number of aromatic hydroxyl groups is 2. The highest BCUT2D eigenvalue weighted by molar-refractivity contribution is 5.84. The standard InChI is InChI=1S/C24H28F2N6.C24H28N6O.C22H25FN8O/c1-23(2)10-16(11-24(3,4)31-23)32-8-7-14-9-19(29-30-22(14)32)18-6-5-17(20(25)21(18)26)15-12-27-28-13-15;1-23(2)9-15(10-24(3,4)30-23)18-13-25-20-8-19(28-29-22(18)20)17-6-5-14(7-21(17)31)16-11-26-27-12-16;1-21(2)8-13(9-22(3,4)29-21)31-20-18(27-30-31)7-17(26-28-20)15-6-19(32)14(5-16(15)23)12-10-24-25-11-12/h5-6,9,12-13,16,31H,7-8,10-11H2,1-4H3,(H,27,28);5-8,11-13,15,25,30-31H,9-10H2,1-4H3,(H,26,27);5-7,10-11,13,29,32H,8-9H2,1-4H3,(H,24,25). The van der Waals surface area contributed by atoms with Gasteiger partial charge in [0.1, 0.15) is 28.3 Å². The topological polar surface area (TPSA) is 290 Å². The van der Waals surface area contributed by atoms with Gasteiger partial charge in [-0.05, 0) is 188 Å². The minimum absolute atomic E-state index is 0.0277. The van der Waals surface area contributed by atoms with Crippen LogP contribution in [0.5, 0.6) is 11.5 Å². The second-order valence-corrected chi connectivity index (χ2v) is 30.0. The van der Waals surface area contributed by atoms with Crippen LogP contribution in [0.4, 0.5) is 19.0 Å². The van der Waals surface area contributed by atoms with E-state index in [1.807, 2.05) is 28.9 Å². The van der Waals surface area contributed by atoms with E-state index in [0.717, 1.165) is 85.0 Å². The molecule has 95 heavy (non-hydrogen) atoms. The van der Waals surface area contributed by atoms with Gasteiger partial charge in [0.05, 0.1) is 47.2 Å². The van der Waals surface area contributed by atoms with Gasteiger partial charge in [-0.3, -0.25) is 15.3 Å². The first-order valence-corrected chi connectivity index (χ1v) is 32.2. The molecule has 8 aromatic heterocycles. The fraction of sp³-hybridized carbons (Fsp3) is 0.414. The predicted octanol–water partition coefficient (Wildman–Crippen LogP) is 12.8. The van der Waals surface area contributed by atoms with Gasteiger partial charge < -0.3 is 36.0 Å². The van der Waals surface area contributed by atoms with Crippen LogP contribution in [0, 0.1) is 17.5 Å². The van der Waals surface area contributed by atoms with Crippen molar-refractivity contribution in [2.45, 2.75) is 179 Å². The van der Waals surface area contributed by atoms with E-state index in [9.17, 15) is 23.4 Å². The van der Waals surface area contributed by atoms with Gasteiger partial charge in [0.25, 0.3) is 0 Å². The Morgan fingerprint density at radius 1 is 0.474 bits per heavy atom. The molecule has 11 aromatic rings. The second kappa shape index (κ2) is 24.1. The average molecular weight is 1290 g/mol. The van der Waals surface area contributed by atoms with Crippen LogP contribution in [0.25, 0.3) is 89.4 Å². The number of aromatic amines is 4. The Labute approximate surface area is 548 Å². The molecule has 3 fully saturated rings. The van der Waals surface area contributed by atoms with Crippen LogP contribution in [0.15, 0.2) is 104 Å². The van der Waals surface area contributed by atoms with Crippen molar-refractivity contribution in [1.29, 1.82) is 0 Å². The number of phenolic OH excluding ortho intramolecular Hbond substituents is 2. The molecule has 0 amide bonds. The molecule has 0 aliphatic carbocycles. The van der Waals surface area contributed by atoms with Crippen molar-refractivity contribution in [2.75, 3.05) is 11.4 Å². The summed E-state index contributed by atoms with van der Waals surface area (Å²) >= 11 is 0. The van der Waals surface area contributed by atoms with Crippen LogP contribution >= 0.6 is 0 Å². The number of hydrogen-bond acceptors (Lipinski definition) is 17. The maximum Gasteiger partial charge on any atom is 0.201 e. The molecule has 4 aliphatic heterocycles. The normalized spacial score (nSPS) is 18.9. The predicted molar refractivity (Wildman–Crippen MR) is 359 cm³/mol. The lowest BCUT2D eigenvalue weighted by Gasteiger charge is -2.49. The molecular formula is C70H81F3N20O2. The van der Waals surface area contributed by atoms with E-state index >= 15 is 0 Å². The quantitative estimate of drug-likeness (QED) is 0.0649. The molecule has 25 heteroatoms. The Hall–Kier alpha value is -9.46. The Balaban J connectivity index is 0.000000129. The molecule has 4 aliphatic rings. The highest BCUT2D eigenvalue weighted by atomic mass is 19.2. The number of nitrogens with one attached hydrogen (secondary N) is 7. The second-order valence-electron chi connectivity index (χ2n) is 30.0. The molecule has 3 aromatic carbocycles. The van der Waals surface area contributed by atoms with Crippen LogP contribution in [0.2, 0.25) is 0 Å². The Morgan fingerprint density at radius 3 is 1.62 bits per heavy atom. The summed E-state index contributed by atoms with van der Waals surface area (Å²) < 4.78 is 46.4. The number of nitrogens with zero attached hydrogens (tertiary/aromatic N) is 13. The first kappa shape index (κ1) is 64.3. The van der Waals surface area contributed by atoms with E-state index in [0.29, 0.717) is 56.8 Å². The van der Waals surface area contributed by atoms with Crippen molar-refractivity contribution in [2.24, 2.45) is 0 Å². The number of aromatic nitrogens is 16.